The number of hydrogen-bond donors (Lipinski definition) is 2. The summed E-state index contributed by atoms with van der Waals surface area (Å²) in [6.07, 6.45) is 1.57. The van der Waals surface area contributed by atoms with Crippen LogP contribution in [0.4, 0.5) is 5.82 Å². The minimum atomic E-state index is -0.0896. The molecule has 16 heavy (non-hydrogen) atoms. The lowest BCUT2D eigenvalue weighted by Gasteiger charge is -2.11. The summed E-state index contributed by atoms with van der Waals surface area (Å²) in [6, 6.07) is 5.23. The van der Waals surface area contributed by atoms with Crippen LogP contribution in [0.15, 0.2) is 24.5 Å². The van der Waals surface area contributed by atoms with E-state index in [1.807, 2.05) is 6.92 Å². The summed E-state index contributed by atoms with van der Waals surface area (Å²) in [6.45, 7) is 1.90. The van der Waals surface area contributed by atoms with E-state index in [0.29, 0.717) is 17.3 Å². The highest BCUT2D eigenvalue weighted by molar-refractivity contribution is 5.52. The second kappa shape index (κ2) is 4.28. The van der Waals surface area contributed by atoms with E-state index in [-0.39, 0.29) is 12.6 Å². The average molecular weight is 219 g/mol. The molecular formula is C10H13N5O. The molecule has 3 N–H and O–H groups in total. The van der Waals surface area contributed by atoms with Gasteiger partial charge in [-0.2, -0.15) is 0 Å². The third kappa shape index (κ3) is 1.87. The van der Waals surface area contributed by atoms with Crippen LogP contribution < -0.4 is 5.73 Å². The second-order valence-electron chi connectivity index (χ2n) is 3.54. The van der Waals surface area contributed by atoms with Crippen molar-refractivity contribution < 1.29 is 5.11 Å². The Kier molecular flexibility index (Phi) is 2.82. The number of anilines is 1. The molecule has 0 saturated heterocycles. The van der Waals surface area contributed by atoms with E-state index in [2.05, 4.69) is 15.2 Å². The monoisotopic (exact) mass is 219 g/mol. The highest BCUT2D eigenvalue weighted by atomic mass is 16.3. The first-order valence-corrected chi connectivity index (χ1v) is 4.95. The van der Waals surface area contributed by atoms with Gasteiger partial charge in [0.2, 0.25) is 0 Å². The largest absolute Gasteiger partial charge is 0.394 e. The Morgan fingerprint density at radius 2 is 2.31 bits per heavy atom. The lowest BCUT2D eigenvalue weighted by Crippen LogP contribution is -2.10. The van der Waals surface area contributed by atoms with Crippen LogP contribution in [0.1, 0.15) is 13.0 Å². The minimum absolute atomic E-state index is 0.0212. The predicted molar refractivity (Wildman–Crippen MR) is 59.5 cm³/mol. The maximum Gasteiger partial charge on any atom is 0.182 e. The molecule has 0 aromatic carbocycles. The van der Waals surface area contributed by atoms with E-state index in [9.17, 15) is 0 Å². The van der Waals surface area contributed by atoms with Crippen LogP contribution in [0, 0.1) is 0 Å². The summed E-state index contributed by atoms with van der Waals surface area (Å²) >= 11 is 0. The van der Waals surface area contributed by atoms with Gasteiger partial charge in [-0.3, -0.25) is 0 Å². The Morgan fingerprint density at radius 3 is 3.00 bits per heavy atom. The fraction of sp³-hybridized carbons (Fsp3) is 0.300. The van der Waals surface area contributed by atoms with Crippen LogP contribution in [0.2, 0.25) is 0 Å². The maximum atomic E-state index is 9.11. The molecule has 2 rings (SSSR count). The molecule has 0 bridgehead atoms. The number of nitrogens with zero attached hydrogens (tertiary/aromatic N) is 4. The van der Waals surface area contributed by atoms with Gasteiger partial charge in [0.25, 0.3) is 0 Å². The van der Waals surface area contributed by atoms with Gasteiger partial charge in [0.15, 0.2) is 5.82 Å². The zero-order valence-electron chi connectivity index (χ0n) is 8.91. The van der Waals surface area contributed by atoms with Gasteiger partial charge in [-0.15, -0.1) is 10.2 Å². The Bertz CT molecular complexity index is 482. The van der Waals surface area contributed by atoms with E-state index in [0.717, 1.165) is 0 Å². The van der Waals surface area contributed by atoms with Crippen LogP contribution in [-0.2, 0) is 0 Å². The first-order chi connectivity index (χ1) is 7.72. The van der Waals surface area contributed by atoms with Gasteiger partial charge in [0.1, 0.15) is 17.8 Å². The standard InChI is InChI=1S/C10H13N5O/c1-7(5-16)15-6-12-14-10(15)8-3-2-4-9(11)13-8/h2-4,6-7,16H,5H2,1H3,(H2,11,13). The summed E-state index contributed by atoms with van der Waals surface area (Å²) in [5.41, 5.74) is 6.26. The van der Waals surface area contributed by atoms with Gasteiger partial charge in [0.05, 0.1) is 12.6 Å². The molecule has 0 radical (unpaired) electrons. The first-order valence-electron chi connectivity index (χ1n) is 4.95. The fourth-order valence-electron chi connectivity index (χ4n) is 1.41. The SMILES string of the molecule is CC(CO)n1cnnc1-c1cccc(N)n1. The molecule has 0 aliphatic rings. The van der Waals surface area contributed by atoms with Crippen molar-refractivity contribution in [1.82, 2.24) is 19.7 Å². The van der Waals surface area contributed by atoms with Crippen LogP contribution in [0.25, 0.3) is 11.5 Å². The van der Waals surface area contributed by atoms with E-state index in [1.54, 1.807) is 29.1 Å². The van der Waals surface area contributed by atoms with Gasteiger partial charge in [0, 0.05) is 0 Å². The lowest BCUT2D eigenvalue weighted by molar-refractivity contribution is 0.239. The second-order valence-corrected chi connectivity index (χ2v) is 3.54. The molecule has 0 aliphatic heterocycles. The summed E-state index contributed by atoms with van der Waals surface area (Å²) in [5, 5.41) is 16.9. The number of rotatable bonds is 3. The van der Waals surface area contributed by atoms with Gasteiger partial charge in [-0.05, 0) is 19.1 Å². The predicted octanol–water partition coefficient (Wildman–Crippen LogP) is 0.476. The van der Waals surface area contributed by atoms with Crippen molar-refractivity contribution in [3.8, 4) is 11.5 Å². The molecule has 84 valence electrons. The van der Waals surface area contributed by atoms with Crippen molar-refractivity contribution in [3.05, 3.63) is 24.5 Å². The molecule has 1 atom stereocenters. The number of aliphatic hydroxyl groups is 1. The van der Waals surface area contributed by atoms with E-state index in [1.165, 1.54) is 0 Å². The van der Waals surface area contributed by atoms with Crippen molar-refractivity contribution in [2.45, 2.75) is 13.0 Å². The molecule has 0 amide bonds. The van der Waals surface area contributed by atoms with Crippen LogP contribution in [0.3, 0.4) is 0 Å². The molecule has 0 aliphatic carbocycles. The third-order valence-corrected chi connectivity index (χ3v) is 2.31. The molecule has 1 unspecified atom stereocenters. The van der Waals surface area contributed by atoms with Gasteiger partial charge >= 0.3 is 0 Å². The molecule has 2 aromatic heterocycles. The quantitative estimate of drug-likeness (QED) is 0.783. The molecule has 0 saturated carbocycles. The van der Waals surface area contributed by atoms with Gasteiger partial charge in [-0.1, -0.05) is 6.07 Å². The summed E-state index contributed by atoms with van der Waals surface area (Å²) < 4.78 is 1.77. The summed E-state index contributed by atoms with van der Waals surface area (Å²) in [4.78, 5) is 4.17. The van der Waals surface area contributed by atoms with Crippen molar-refractivity contribution in [1.29, 1.82) is 0 Å². The van der Waals surface area contributed by atoms with Crippen molar-refractivity contribution in [3.63, 3.8) is 0 Å². The smallest absolute Gasteiger partial charge is 0.182 e. The molecule has 0 fully saturated rings. The number of hydrogen-bond acceptors (Lipinski definition) is 5. The molecule has 2 heterocycles. The van der Waals surface area contributed by atoms with Gasteiger partial charge in [-0.25, -0.2) is 4.98 Å². The normalized spacial score (nSPS) is 12.6. The number of nitrogens with two attached hydrogens (primary N) is 1. The number of pyridine rings is 1. The fourth-order valence-corrected chi connectivity index (χ4v) is 1.41. The van der Waals surface area contributed by atoms with Crippen molar-refractivity contribution in [2.24, 2.45) is 0 Å². The van der Waals surface area contributed by atoms with Crippen LogP contribution in [0.5, 0.6) is 0 Å². The maximum absolute atomic E-state index is 9.11. The molecule has 2 aromatic rings. The van der Waals surface area contributed by atoms with Gasteiger partial charge < -0.3 is 15.4 Å². The molecular weight excluding hydrogens is 206 g/mol. The van der Waals surface area contributed by atoms with E-state index >= 15 is 0 Å². The number of nitrogen functional groups attached to an aromatic ring is 1. The van der Waals surface area contributed by atoms with E-state index < -0.39 is 0 Å². The Hall–Kier alpha value is -1.95. The Labute approximate surface area is 92.8 Å². The van der Waals surface area contributed by atoms with Crippen LogP contribution >= 0.6 is 0 Å². The molecule has 0 spiro atoms. The Morgan fingerprint density at radius 1 is 1.50 bits per heavy atom. The first kappa shape index (κ1) is 10.6. The highest BCUT2D eigenvalue weighted by Crippen LogP contribution is 2.18. The lowest BCUT2D eigenvalue weighted by atomic mass is 10.3. The molecule has 6 nitrogen and oxygen atoms in total. The molecule has 6 heteroatoms. The average Bonchev–Trinajstić information content (AvgIpc) is 2.77. The van der Waals surface area contributed by atoms with E-state index in [4.69, 9.17) is 10.8 Å². The summed E-state index contributed by atoms with van der Waals surface area (Å²) in [7, 11) is 0. The highest BCUT2D eigenvalue weighted by Gasteiger charge is 2.12. The minimum Gasteiger partial charge on any atom is -0.394 e. The topological polar surface area (TPSA) is 89.8 Å². The van der Waals surface area contributed by atoms with Crippen molar-refractivity contribution in [2.75, 3.05) is 12.3 Å². The van der Waals surface area contributed by atoms with Crippen molar-refractivity contribution >= 4 is 5.82 Å². The van der Waals surface area contributed by atoms with Crippen LogP contribution in [-0.4, -0.2) is 31.5 Å². The zero-order valence-corrected chi connectivity index (χ0v) is 8.91. The Balaban J connectivity index is 2.44. The summed E-state index contributed by atoms with van der Waals surface area (Å²) in [5.74, 6) is 1.04. The number of aromatic nitrogens is 4. The zero-order chi connectivity index (χ0) is 11.5. The third-order valence-electron chi connectivity index (χ3n) is 2.31. The number of aliphatic hydroxyl groups excluding tert-OH is 1.